The lowest BCUT2D eigenvalue weighted by molar-refractivity contribution is -0.122. The number of nitrogens with one attached hydrogen (secondary N) is 1. The molecule has 1 saturated heterocycles. The largest absolute Gasteiger partial charge is 0.452 e. The first-order valence-corrected chi connectivity index (χ1v) is 15.0. The number of nitrogens with zero attached hydrogens (tertiary/aromatic N) is 1. The molecule has 0 unspecified atom stereocenters. The molecule has 214 valence electrons. The first-order chi connectivity index (χ1) is 20.8. The molecule has 4 aromatic rings. The molecular weight excluding hydrogens is 632 g/mol. The zero-order chi connectivity index (χ0) is 30.0. The molecule has 4 aliphatic rings. The highest BCUT2D eigenvalue weighted by Crippen LogP contribution is 2.61. The Balaban J connectivity index is 1.12. The SMILES string of the molecule is Cc1c(NC(=O)COC(=O)c2cccc(N3C(=O)[C@H]4C5c6ccccc6C(c6ccccc65)[C@@H]4C3=O)c2)ccc(Br)c1Cl. The maximum absolute atomic E-state index is 14.0. The van der Waals surface area contributed by atoms with Crippen molar-refractivity contribution in [3.8, 4) is 0 Å². The van der Waals surface area contributed by atoms with Gasteiger partial charge in [0.1, 0.15) is 0 Å². The van der Waals surface area contributed by atoms with Crippen molar-refractivity contribution in [3.63, 3.8) is 0 Å². The van der Waals surface area contributed by atoms with Crippen LogP contribution in [0.2, 0.25) is 5.02 Å². The first-order valence-electron chi connectivity index (χ1n) is 13.8. The van der Waals surface area contributed by atoms with Crippen molar-refractivity contribution in [3.05, 3.63) is 128 Å². The second kappa shape index (κ2) is 10.5. The molecule has 2 atom stereocenters. The lowest BCUT2D eigenvalue weighted by atomic mass is 9.55. The number of anilines is 2. The minimum atomic E-state index is -0.751. The van der Waals surface area contributed by atoms with Gasteiger partial charge < -0.3 is 10.1 Å². The number of ether oxygens (including phenoxy) is 1. The van der Waals surface area contributed by atoms with E-state index in [1.54, 1.807) is 31.2 Å². The number of hydrogen-bond acceptors (Lipinski definition) is 5. The highest BCUT2D eigenvalue weighted by Gasteiger charge is 2.61. The van der Waals surface area contributed by atoms with Crippen LogP contribution in [0.15, 0.2) is 89.4 Å². The van der Waals surface area contributed by atoms with Gasteiger partial charge in [-0.1, -0.05) is 66.2 Å². The molecule has 3 amide bonds. The molecule has 43 heavy (non-hydrogen) atoms. The molecule has 0 saturated carbocycles. The predicted octanol–water partition coefficient (Wildman–Crippen LogP) is 6.60. The maximum Gasteiger partial charge on any atom is 0.338 e. The topological polar surface area (TPSA) is 92.8 Å². The summed E-state index contributed by atoms with van der Waals surface area (Å²) in [7, 11) is 0. The molecule has 2 bridgehead atoms. The van der Waals surface area contributed by atoms with Gasteiger partial charge >= 0.3 is 5.97 Å². The second-order valence-corrected chi connectivity index (χ2v) is 12.2. The van der Waals surface area contributed by atoms with E-state index in [0.29, 0.717) is 26.4 Å². The summed E-state index contributed by atoms with van der Waals surface area (Å²) in [5.74, 6) is -3.34. The third kappa shape index (κ3) is 4.31. The minimum absolute atomic E-state index is 0.123. The smallest absolute Gasteiger partial charge is 0.338 e. The number of benzene rings is 4. The van der Waals surface area contributed by atoms with Gasteiger partial charge in [0, 0.05) is 22.0 Å². The maximum atomic E-state index is 14.0. The highest BCUT2D eigenvalue weighted by molar-refractivity contribution is 9.10. The molecular formula is C34H24BrClN2O5. The van der Waals surface area contributed by atoms with Crippen molar-refractivity contribution in [2.75, 3.05) is 16.8 Å². The Labute approximate surface area is 260 Å². The Kier molecular flexibility index (Phi) is 6.71. The molecule has 0 spiro atoms. The Bertz CT molecular complexity index is 1760. The van der Waals surface area contributed by atoms with Crippen molar-refractivity contribution in [1.82, 2.24) is 0 Å². The van der Waals surface area contributed by atoms with Crippen LogP contribution in [-0.4, -0.2) is 30.3 Å². The number of esters is 1. The van der Waals surface area contributed by atoms with E-state index < -0.39 is 30.3 Å². The van der Waals surface area contributed by atoms with Gasteiger partial charge in [-0.05, 0) is 81.0 Å². The fourth-order valence-electron chi connectivity index (χ4n) is 6.89. The average Bonchev–Trinajstić information content (AvgIpc) is 3.30. The molecule has 0 radical (unpaired) electrons. The summed E-state index contributed by atoms with van der Waals surface area (Å²) in [6, 6.07) is 25.7. The molecule has 0 aromatic heterocycles. The summed E-state index contributed by atoms with van der Waals surface area (Å²) < 4.78 is 5.97. The number of amides is 3. The second-order valence-electron chi connectivity index (χ2n) is 11.0. The summed E-state index contributed by atoms with van der Waals surface area (Å²) in [6.07, 6.45) is 0. The van der Waals surface area contributed by atoms with Crippen LogP contribution in [0.1, 0.15) is 50.0 Å². The van der Waals surface area contributed by atoms with Gasteiger partial charge in [-0.3, -0.25) is 14.4 Å². The van der Waals surface area contributed by atoms with E-state index >= 15 is 0 Å². The number of carbonyl (C=O) groups excluding carboxylic acids is 4. The van der Waals surface area contributed by atoms with Crippen LogP contribution < -0.4 is 10.2 Å². The fourth-order valence-corrected chi connectivity index (χ4v) is 7.49. The molecule has 1 N–H and O–H groups in total. The van der Waals surface area contributed by atoms with E-state index in [4.69, 9.17) is 16.3 Å². The van der Waals surface area contributed by atoms with Crippen LogP contribution in [0.4, 0.5) is 11.4 Å². The van der Waals surface area contributed by atoms with Crippen LogP contribution in [-0.2, 0) is 19.1 Å². The van der Waals surface area contributed by atoms with Crippen molar-refractivity contribution in [1.29, 1.82) is 0 Å². The minimum Gasteiger partial charge on any atom is -0.452 e. The van der Waals surface area contributed by atoms with E-state index in [0.717, 1.165) is 22.3 Å². The zero-order valence-corrected chi connectivity index (χ0v) is 25.2. The molecule has 7 nitrogen and oxygen atoms in total. The van der Waals surface area contributed by atoms with Gasteiger partial charge in [0.2, 0.25) is 11.8 Å². The van der Waals surface area contributed by atoms with Crippen molar-refractivity contribution in [2.45, 2.75) is 18.8 Å². The third-order valence-electron chi connectivity index (χ3n) is 8.74. The van der Waals surface area contributed by atoms with Crippen molar-refractivity contribution < 1.29 is 23.9 Å². The molecule has 3 aliphatic carbocycles. The molecule has 8 rings (SSSR count). The number of imide groups is 1. The van der Waals surface area contributed by atoms with Gasteiger partial charge in [0.15, 0.2) is 6.61 Å². The monoisotopic (exact) mass is 654 g/mol. The fraction of sp³-hybridized carbons (Fsp3) is 0.176. The summed E-state index contributed by atoms with van der Waals surface area (Å²) in [5, 5.41) is 3.16. The van der Waals surface area contributed by atoms with Crippen LogP contribution in [0.5, 0.6) is 0 Å². The molecule has 1 fully saturated rings. The number of halogens is 2. The van der Waals surface area contributed by atoms with Gasteiger partial charge in [-0.15, -0.1) is 0 Å². The number of carbonyl (C=O) groups is 4. The summed E-state index contributed by atoms with van der Waals surface area (Å²) in [6.45, 7) is 1.24. The summed E-state index contributed by atoms with van der Waals surface area (Å²) in [4.78, 5) is 54.7. The van der Waals surface area contributed by atoms with Gasteiger partial charge in [0.05, 0.1) is 28.1 Å². The summed E-state index contributed by atoms with van der Waals surface area (Å²) >= 11 is 9.57. The normalized spacial score (nSPS) is 21.2. The zero-order valence-electron chi connectivity index (χ0n) is 22.8. The Hall–Kier alpha value is -4.27. The van der Waals surface area contributed by atoms with E-state index in [-0.39, 0.29) is 29.2 Å². The quantitative estimate of drug-likeness (QED) is 0.193. The van der Waals surface area contributed by atoms with E-state index in [2.05, 4.69) is 45.5 Å². The number of hydrogen-bond donors (Lipinski definition) is 1. The molecule has 4 aromatic carbocycles. The van der Waals surface area contributed by atoms with Crippen LogP contribution in [0, 0.1) is 18.8 Å². The van der Waals surface area contributed by atoms with Gasteiger partial charge in [-0.25, -0.2) is 9.69 Å². The Morgan fingerprint density at radius 3 is 1.95 bits per heavy atom. The van der Waals surface area contributed by atoms with Crippen molar-refractivity contribution in [2.24, 2.45) is 11.8 Å². The van der Waals surface area contributed by atoms with Crippen LogP contribution >= 0.6 is 27.5 Å². The highest BCUT2D eigenvalue weighted by atomic mass is 79.9. The first kappa shape index (κ1) is 27.6. The summed E-state index contributed by atoms with van der Waals surface area (Å²) in [5.41, 5.74) is 5.95. The lowest BCUT2D eigenvalue weighted by Crippen LogP contribution is -2.41. The molecule has 1 heterocycles. The predicted molar refractivity (Wildman–Crippen MR) is 165 cm³/mol. The van der Waals surface area contributed by atoms with Crippen molar-refractivity contribution >= 4 is 62.6 Å². The lowest BCUT2D eigenvalue weighted by Gasteiger charge is -2.45. The average molecular weight is 656 g/mol. The molecule has 9 heteroatoms. The van der Waals surface area contributed by atoms with Gasteiger partial charge in [0.25, 0.3) is 5.91 Å². The molecule has 1 aliphatic heterocycles. The Morgan fingerprint density at radius 2 is 1.40 bits per heavy atom. The van der Waals surface area contributed by atoms with Crippen LogP contribution in [0.3, 0.4) is 0 Å². The van der Waals surface area contributed by atoms with E-state index in [9.17, 15) is 19.2 Å². The van der Waals surface area contributed by atoms with E-state index in [1.165, 1.54) is 17.0 Å². The van der Waals surface area contributed by atoms with Crippen LogP contribution in [0.25, 0.3) is 0 Å². The van der Waals surface area contributed by atoms with E-state index in [1.807, 2.05) is 24.3 Å². The standard InChI is InChI=1S/C34H24BrClN2O5/c1-17-25(14-13-24(35)31(17)36)37-26(39)16-43-34(42)18-7-6-8-19(15-18)38-32(40)29-27-20-9-2-3-10-21(20)28(30(29)33(38)41)23-12-5-4-11-22(23)27/h2-15,27-30H,16H2,1H3,(H,37,39)/t27?,28?,29-,30-/m0/s1. The Morgan fingerprint density at radius 1 is 0.837 bits per heavy atom. The van der Waals surface area contributed by atoms with Gasteiger partial charge in [-0.2, -0.15) is 0 Å². The number of rotatable bonds is 5. The third-order valence-corrected chi connectivity index (χ3v) is 10.1.